The Morgan fingerprint density at radius 2 is 1.83 bits per heavy atom. The summed E-state index contributed by atoms with van der Waals surface area (Å²) in [7, 11) is 3.01. The highest BCUT2D eigenvalue weighted by atomic mass is 35.5. The first-order valence-electron chi connectivity index (χ1n) is 10.7. The predicted molar refractivity (Wildman–Crippen MR) is 121 cm³/mol. The van der Waals surface area contributed by atoms with Crippen LogP contribution >= 0.6 is 11.6 Å². The number of nitrogens with one attached hydrogen (secondary N) is 1. The molecule has 7 N–H and O–H groups in total. The molecule has 3 aliphatic carbocycles. The van der Waals surface area contributed by atoms with Crippen LogP contribution in [0.25, 0.3) is 0 Å². The van der Waals surface area contributed by atoms with Crippen molar-refractivity contribution in [2.75, 3.05) is 20.8 Å². The molecule has 188 valence electrons. The average molecular weight is 509 g/mol. The largest absolute Gasteiger partial charge is 0.510 e. The molecule has 1 amide bonds. The van der Waals surface area contributed by atoms with Gasteiger partial charge in [-0.3, -0.25) is 19.3 Å². The number of Topliss-reactive ketones (excluding diaryl/α,β-unsaturated/α-hetero) is 2. The van der Waals surface area contributed by atoms with Crippen molar-refractivity contribution < 1.29 is 45.0 Å². The number of phenolic OH excluding ortho intramolecular Hbond substituents is 1. The monoisotopic (exact) mass is 508 g/mol. The Morgan fingerprint density at radius 1 is 1.20 bits per heavy atom. The number of amides is 1. The molecule has 0 spiro atoms. The summed E-state index contributed by atoms with van der Waals surface area (Å²) in [6, 6.07) is 1.24. The van der Waals surface area contributed by atoms with Gasteiger partial charge in [-0.25, -0.2) is 0 Å². The van der Waals surface area contributed by atoms with Crippen molar-refractivity contribution in [2.24, 2.45) is 11.8 Å². The summed E-state index contributed by atoms with van der Waals surface area (Å²) in [5, 5.41) is 66.8. The van der Waals surface area contributed by atoms with E-state index in [9.17, 15) is 39.9 Å². The summed E-state index contributed by atoms with van der Waals surface area (Å²) >= 11 is 6.28. The van der Waals surface area contributed by atoms with Crippen LogP contribution in [0.2, 0.25) is 5.02 Å². The number of nitrogens with zero attached hydrogens (tertiary/aromatic N) is 1. The summed E-state index contributed by atoms with van der Waals surface area (Å²) in [4.78, 5) is 40.8. The molecule has 0 aromatic heterocycles. The molecule has 12 heteroatoms. The Balaban J connectivity index is 2.03. The van der Waals surface area contributed by atoms with Gasteiger partial charge < -0.3 is 36.0 Å². The lowest BCUT2D eigenvalue weighted by Crippen LogP contribution is -2.65. The number of hydrogen-bond acceptors (Lipinski definition) is 10. The maximum Gasteiger partial charge on any atom is 0.260 e. The highest BCUT2D eigenvalue weighted by Crippen LogP contribution is 2.57. The number of hydrogen-bond donors (Lipinski definition) is 7. The third-order valence-electron chi connectivity index (χ3n) is 7.29. The van der Waals surface area contributed by atoms with E-state index in [0.29, 0.717) is 0 Å². The van der Waals surface area contributed by atoms with Crippen molar-refractivity contribution in [1.82, 2.24) is 10.2 Å². The number of aliphatic hydroxyl groups is 5. The summed E-state index contributed by atoms with van der Waals surface area (Å²) in [6.07, 6.45) is -0.284. The van der Waals surface area contributed by atoms with Crippen molar-refractivity contribution >= 4 is 29.1 Å². The molecule has 5 atom stereocenters. The zero-order chi connectivity index (χ0) is 26.2. The number of phenols is 1. The van der Waals surface area contributed by atoms with Gasteiger partial charge in [0.15, 0.2) is 11.4 Å². The summed E-state index contributed by atoms with van der Waals surface area (Å²) in [6.45, 7) is 0.460. The lowest BCUT2D eigenvalue weighted by atomic mass is 9.55. The first-order valence-corrected chi connectivity index (χ1v) is 11.1. The van der Waals surface area contributed by atoms with Gasteiger partial charge in [0.25, 0.3) is 5.91 Å². The van der Waals surface area contributed by atoms with Crippen LogP contribution in [0.3, 0.4) is 0 Å². The molecule has 0 aliphatic heterocycles. The molecule has 0 unspecified atom stereocenters. The van der Waals surface area contributed by atoms with Crippen molar-refractivity contribution in [3.8, 4) is 5.75 Å². The first-order chi connectivity index (χ1) is 16.2. The fraction of sp³-hybridized carbons (Fsp3) is 0.435. The van der Waals surface area contributed by atoms with Gasteiger partial charge in [0.2, 0.25) is 5.78 Å². The predicted octanol–water partition coefficient (Wildman–Crippen LogP) is 0.0197. The van der Waals surface area contributed by atoms with Gasteiger partial charge in [0.05, 0.1) is 17.2 Å². The normalized spacial score (nSPS) is 32.4. The van der Waals surface area contributed by atoms with Gasteiger partial charge in [0, 0.05) is 28.0 Å². The Kier molecular flexibility index (Phi) is 5.77. The molecule has 0 bridgehead atoms. The van der Waals surface area contributed by atoms with Crippen LogP contribution in [0.5, 0.6) is 5.75 Å². The molecule has 0 saturated carbocycles. The third kappa shape index (κ3) is 3.16. The molecule has 11 nitrogen and oxygen atoms in total. The van der Waals surface area contributed by atoms with Crippen molar-refractivity contribution in [3.63, 3.8) is 0 Å². The zero-order valence-electron chi connectivity index (χ0n) is 19.0. The lowest BCUT2D eigenvalue weighted by molar-refractivity contribution is -0.152. The molecule has 4 rings (SSSR count). The Labute approximate surface area is 204 Å². The molecular formula is C23H25ClN2O9. The van der Waals surface area contributed by atoms with Crippen molar-refractivity contribution in [3.05, 3.63) is 50.9 Å². The van der Waals surface area contributed by atoms with E-state index in [1.54, 1.807) is 0 Å². The molecular weight excluding hydrogens is 484 g/mol. The highest BCUT2D eigenvalue weighted by Gasteiger charge is 2.66. The number of ketones is 2. The minimum atomic E-state index is -2.83. The summed E-state index contributed by atoms with van der Waals surface area (Å²) in [5.74, 6) is -8.32. The van der Waals surface area contributed by atoms with Gasteiger partial charge in [-0.15, -0.1) is 0 Å². The van der Waals surface area contributed by atoms with Crippen molar-refractivity contribution in [2.45, 2.75) is 30.6 Å². The van der Waals surface area contributed by atoms with Gasteiger partial charge >= 0.3 is 0 Å². The number of aliphatic hydroxyl groups excluding tert-OH is 3. The minimum absolute atomic E-state index is 0.00916. The van der Waals surface area contributed by atoms with E-state index in [1.807, 2.05) is 5.32 Å². The zero-order valence-corrected chi connectivity index (χ0v) is 19.8. The second-order valence-electron chi connectivity index (χ2n) is 9.38. The van der Waals surface area contributed by atoms with Crippen LogP contribution in [-0.4, -0.2) is 85.5 Å². The van der Waals surface area contributed by atoms with E-state index >= 15 is 0 Å². The number of benzene rings is 1. The topological polar surface area (TPSA) is 188 Å². The lowest BCUT2D eigenvalue weighted by Gasteiger charge is -2.53. The molecule has 3 aliphatic rings. The number of fused-ring (bicyclic) bond motifs is 3. The van der Waals surface area contributed by atoms with Gasteiger partial charge in [0.1, 0.15) is 29.6 Å². The molecule has 0 radical (unpaired) electrons. The van der Waals surface area contributed by atoms with Gasteiger partial charge in [-0.1, -0.05) is 11.6 Å². The maximum atomic E-state index is 13.5. The second kappa shape index (κ2) is 8.04. The van der Waals surface area contributed by atoms with E-state index in [1.165, 1.54) is 32.0 Å². The number of halogens is 1. The van der Waals surface area contributed by atoms with E-state index in [4.69, 9.17) is 16.7 Å². The van der Waals surface area contributed by atoms with Crippen LogP contribution in [0.15, 0.2) is 34.8 Å². The van der Waals surface area contributed by atoms with E-state index in [0.717, 1.165) is 6.07 Å². The Hall–Kier alpha value is -2.96. The van der Waals surface area contributed by atoms with E-state index in [-0.39, 0.29) is 22.6 Å². The molecule has 1 aromatic carbocycles. The number of rotatable bonds is 3. The summed E-state index contributed by atoms with van der Waals surface area (Å²) < 4.78 is 0. The van der Waals surface area contributed by atoms with Gasteiger partial charge in [-0.2, -0.15) is 0 Å². The number of aromatic hydroxyl groups is 1. The maximum absolute atomic E-state index is 13.5. The molecule has 0 saturated heterocycles. The number of carbonyl (C=O) groups is 3. The molecule has 35 heavy (non-hydrogen) atoms. The molecule has 1 aromatic rings. The van der Waals surface area contributed by atoms with Crippen LogP contribution in [0.1, 0.15) is 29.3 Å². The van der Waals surface area contributed by atoms with Gasteiger partial charge in [-0.05, 0) is 39.6 Å². The number of likely N-dealkylation sites (N-methyl/N-ethyl adjacent to an activating group) is 1. The van der Waals surface area contributed by atoms with Crippen LogP contribution in [0, 0.1) is 11.8 Å². The first kappa shape index (κ1) is 25.1. The summed E-state index contributed by atoms with van der Waals surface area (Å²) in [5.41, 5.74) is -6.60. The number of carbonyl (C=O) groups excluding carboxylic acids is 3. The fourth-order valence-electron chi connectivity index (χ4n) is 5.73. The molecule has 0 fully saturated rings. The second-order valence-corrected chi connectivity index (χ2v) is 9.79. The van der Waals surface area contributed by atoms with E-state index < -0.39 is 81.7 Å². The van der Waals surface area contributed by atoms with Crippen LogP contribution < -0.4 is 5.32 Å². The van der Waals surface area contributed by atoms with Crippen molar-refractivity contribution in [1.29, 1.82) is 0 Å². The van der Waals surface area contributed by atoms with E-state index in [2.05, 4.69) is 0 Å². The smallest absolute Gasteiger partial charge is 0.260 e. The fourth-order valence-corrected chi connectivity index (χ4v) is 6.08. The standard InChI is InChI=1S/C23H25ClN2O9/c1-22(34)8-6-9-16(26(2)3)18(30)14(21(33)25-7-27)20(32)23(9,35)19(31)12(8)17(29)13-11(28)5-4-10(24)15(13)22/h4-5,8-9,16,27-28,30-31,34-35H,6-7H2,1-3H3,(H,25,33)/t8-,9-,16-,22-,23-/m0/s1. The van der Waals surface area contributed by atoms with Crippen LogP contribution in [-0.2, 0) is 15.2 Å². The Bertz CT molecular complexity index is 1240. The third-order valence-corrected chi connectivity index (χ3v) is 7.61. The van der Waals surface area contributed by atoms with Crippen LogP contribution in [0.4, 0.5) is 0 Å². The minimum Gasteiger partial charge on any atom is -0.510 e. The quantitative estimate of drug-likeness (QED) is 0.216. The SMILES string of the molecule is CN(C)[C@@H]1C(O)=C(C(=O)NCO)C(=O)[C@@]2(O)C(O)=C3C(=O)c4c(O)ccc(Cl)c4[C@@](C)(O)[C@H]3C[C@@H]12. The average Bonchev–Trinajstić information content (AvgIpc) is 2.76. The Morgan fingerprint density at radius 3 is 2.40 bits per heavy atom. The molecule has 0 heterocycles. The highest BCUT2D eigenvalue weighted by molar-refractivity contribution is 6.33.